The van der Waals surface area contributed by atoms with Crippen molar-refractivity contribution in [2.75, 3.05) is 0 Å². The summed E-state index contributed by atoms with van der Waals surface area (Å²) in [6.07, 6.45) is 5.03. The molecular weight excluding hydrogens is 319 g/mol. The first kappa shape index (κ1) is 17.6. The molecule has 3 rings (SSSR count). The quantitative estimate of drug-likeness (QED) is 0.847. The van der Waals surface area contributed by atoms with Gasteiger partial charge in [0.05, 0.1) is 12.2 Å². The summed E-state index contributed by atoms with van der Waals surface area (Å²) in [7, 11) is 0. The van der Waals surface area contributed by atoms with Crippen LogP contribution >= 0.6 is 0 Å². The molecule has 134 valence electrons. The second-order valence-electron chi connectivity index (χ2n) is 6.50. The van der Waals surface area contributed by atoms with Crippen molar-refractivity contribution in [2.45, 2.75) is 58.3 Å². The molecule has 5 nitrogen and oxygen atoms in total. The lowest BCUT2D eigenvalue weighted by atomic mass is 9.92. The van der Waals surface area contributed by atoms with Gasteiger partial charge in [-0.05, 0) is 39.2 Å². The molecule has 1 aliphatic carbocycles. The summed E-state index contributed by atoms with van der Waals surface area (Å²) < 4.78 is 15.7. The van der Waals surface area contributed by atoms with Gasteiger partial charge in [0.2, 0.25) is 5.91 Å². The summed E-state index contributed by atoms with van der Waals surface area (Å²) in [6, 6.07) is 6.27. The number of carbonyl (C=O) groups excluding carboxylic acids is 1. The second-order valence-corrected chi connectivity index (χ2v) is 6.50. The molecule has 2 atom stereocenters. The molecule has 0 bridgehead atoms. The van der Waals surface area contributed by atoms with Crippen LogP contribution in [0.5, 0.6) is 0 Å². The number of benzene rings is 1. The van der Waals surface area contributed by atoms with E-state index >= 15 is 0 Å². The van der Waals surface area contributed by atoms with E-state index in [9.17, 15) is 9.18 Å². The van der Waals surface area contributed by atoms with E-state index in [-0.39, 0.29) is 30.4 Å². The summed E-state index contributed by atoms with van der Waals surface area (Å²) in [5.41, 5.74) is 2.96. The minimum Gasteiger partial charge on any atom is -0.351 e. The zero-order valence-electron chi connectivity index (χ0n) is 14.8. The van der Waals surface area contributed by atoms with E-state index in [2.05, 4.69) is 22.7 Å². The molecule has 1 amide bonds. The molecule has 25 heavy (non-hydrogen) atoms. The summed E-state index contributed by atoms with van der Waals surface area (Å²) >= 11 is 0. The smallest absolute Gasteiger partial charge is 0.237 e. The summed E-state index contributed by atoms with van der Waals surface area (Å²) in [5, 5.41) is 10.7. The molecule has 1 heterocycles. The van der Waals surface area contributed by atoms with Gasteiger partial charge in [0.25, 0.3) is 0 Å². The topological polar surface area (TPSA) is 59.0 Å². The van der Waals surface area contributed by atoms with Gasteiger partial charge in [-0.3, -0.25) is 14.8 Å². The molecule has 0 saturated carbocycles. The Kier molecular flexibility index (Phi) is 5.48. The number of aryl methyl sites for hydroxylation is 1. The van der Waals surface area contributed by atoms with Crippen molar-refractivity contribution in [3.05, 3.63) is 53.1 Å². The molecule has 1 aliphatic rings. The normalized spacial score (nSPS) is 17.8. The van der Waals surface area contributed by atoms with Crippen LogP contribution in [0.25, 0.3) is 0 Å². The molecule has 0 radical (unpaired) electrons. The number of carbonyl (C=O) groups is 1. The van der Waals surface area contributed by atoms with Crippen LogP contribution in [0.4, 0.5) is 4.39 Å². The molecule has 6 heteroatoms. The van der Waals surface area contributed by atoms with E-state index in [1.165, 1.54) is 17.3 Å². The van der Waals surface area contributed by atoms with Crippen molar-refractivity contribution in [1.29, 1.82) is 0 Å². The van der Waals surface area contributed by atoms with E-state index in [1.54, 1.807) is 18.2 Å². The lowest BCUT2D eigenvalue weighted by Crippen LogP contribution is -2.44. The highest BCUT2D eigenvalue weighted by Crippen LogP contribution is 2.29. The average molecular weight is 344 g/mol. The van der Waals surface area contributed by atoms with Crippen molar-refractivity contribution < 1.29 is 9.18 Å². The number of hydrogen-bond acceptors (Lipinski definition) is 3. The standard InChI is InChI=1S/C19H25FN4O/c1-3-24-18-10-6-9-17(15(18)12-22-24)23-13(2)19(25)21-11-14-7-4-5-8-16(14)20/h4-5,7-8,12-13,17,23H,3,6,9-11H2,1-2H3,(H,21,25). The molecular formula is C19H25FN4O. The van der Waals surface area contributed by atoms with Crippen LogP contribution in [0.2, 0.25) is 0 Å². The number of nitrogens with one attached hydrogen (secondary N) is 2. The highest BCUT2D eigenvalue weighted by Gasteiger charge is 2.26. The molecule has 2 unspecified atom stereocenters. The van der Waals surface area contributed by atoms with E-state index in [0.717, 1.165) is 25.8 Å². The SMILES string of the molecule is CCn1ncc2c1CCCC2NC(C)C(=O)NCc1ccccc1F. The van der Waals surface area contributed by atoms with Crippen molar-refractivity contribution in [3.63, 3.8) is 0 Å². The van der Waals surface area contributed by atoms with Crippen LogP contribution in [0.3, 0.4) is 0 Å². The Morgan fingerprint density at radius 1 is 1.44 bits per heavy atom. The second kappa shape index (κ2) is 7.78. The maximum absolute atomic E-state index is 13.6. The Labute approximate surface area is 147 Å². The third-order valence-corrected chi connectivity index (χ3v) is 4.82. The maximum atomic E-state index is 13.6. The number of amides is 1. The number of hydrogen-bond donors (Lipinski definition) is 2. The van der Waals surface area contributed by atoms with Crippen molar-refractivity contribution >= 4 is 5.91 Å². The van der Waals surface area contributed by atoms with Gasteiger partial charge in [0, 0.05) is 36.0 Å². The van der Waals surface area contributed by atoms with Gasteiger partial charge >= 0.3 is 0 Å². The minimum atomic E-state index is -0.354. The lowest BCUT2D eigenvalue weighted by molar-refractivity contribution is -0.123. The predicted octanol–water partition coefficient (Wildman–Crippen LogP) is 2.71. The molecule has 0 saturated heterocycles. The first-order chi connectivity index (χ1) is 12.1. The van der Waals surface area contributed by atoms with Gasteiger partial charge in [0.15, 0.2) is 0 Å². The summed E-state index contributed by atoms with van der Waals surface area (Å²) in [5.74, 6) is -0.425. The zero-order valence-corrected chi connectivity index (χ0v) is 14.8. The predicted molar refractivity (Wildman–Crippen MR) is 94.4 cm³/mol. The van der Waals surface area contributed by atoms with Gasteiger partial charge < -0.3 is 5.32 Å². The van der Waals surface area contributed by atoms with Crippen LogP contribution in [-0.4, -0.2) is 21.7 Å². The fourth-order valence-electron chi connectivity index (χ4n) is 3.42. The average Bonchev–Trinajstić information content (AvgIpc) is 3.05. The Balaban J connectivity index is 1.59. The van der Waals surface area contributed by atoms with Crippen LogP contribution in [0, 0.1) is 5.82 Å². The molecule has 2 N–H and O–H groups in total. The van der Waals surface area contributed by atoms with Crippen LogP contribution in [0.15, 0.2) is 30.5 Å². The van der Waals surface area contributed by atoms with E-state index in [0.29, 0.717) is 5.56 Å². The third-order valence-electron chi connectivity index (χ3n) is 4.82. The molecule has 0 aliphatic heterocycles. The molecule has 1 aromatic heterocycles. The van der Waals surface area contributed by atoms with E-state index in [4.69, 9.17) is 0 Å². The molecule has 0 fully saturated rings. The molecule has 2 aromatic rings. The third kappa shape index (κ3) is 3.90. The number of rotatable bonds is 6. The first-order valence-electron chi connectivity index (χ1n) is 8.92. The van der Waals surface area contributed by atoms with Crippen LogP contribution < -0.4 is 10.6 Å². The van der Waals surface area contributed by atoms with Gasteiger partial charge in [-0.2, -0.15) is 5.10 Å². The highest BCUT2D eigenvalue weighted by atomic mass is 19.1. The van der Waals surface area contributed by atoms with Gasteiger partial charge in [-0.1, -0.05) is 18.2 Å². The monoisotopic (exact) mass is 344 g/mol. The van der Waals surface area contributed by atoms with Crippen LogP contribution in [-0.2, 0) is 24.3 Å². The number of nitrogens with zero attached hydrogens (tertiary/aromatic N) is 2. The van der Waals surface area contributed by atoms with Crippen molar-refractivity contribution in [1.82, 2.24) is 20.4 Å². The Hall–Kier alpha value is -2.21. The summed E-state index contributed by atoms with van der Waals surface area (Å²) in [6.45, 7) is 4.99. The molecule has 1 aromatic carbocycles. The van der Waals surface area contributed by atoms with Crippen molar-refractivity contribution in [3.8, 4) is 0 Å². The zero-order chi connectivity index (χ0) is 17.8. The van der Waals surface area contributed by atoms with Crippen LogP contribution in [0.1, 0.15) is 49.6 Å². The number of fused-ring (bicyclic) bond motifs is 1. The van der Waals surface area contributed by atoms with E-state index in [1.807, 2.05) is 17.8 Å². The van der Waals surface area contributed by atoms with Gasteiger partial charge in [-0.15, -0.1) is 0 Å². The van der Waals surface area contributed by atoms with Crippen molar-refractivity contribution in [2.24, 2.45) is 0 Å². The Bertz CT molecular complexity index is 743. The van der Waals surface area contributed by atoms with Gasteiger partial charge in [0.1, 0.15) is 5.82 Å². The first-order valence-corrected chi connectivity index (χ1v) is 8.92. The van der Waals surface area contributed by atoms with Gasteiger partial charge in [-0.25, -0.2) is 4.39 Å². The van der Waals surface area contributed by atoms with E-state index < -0.39 is 0 Å². The lowest BCUT2D eigenvalue weighted by Gasteiger charge is -2.27. The largest absolute Gasteiger partial charge is 0.351 e. The maximum Gasteiger partial charge on any atom is 0.237 e. The fourth-order valence-corrected chi connectivity index (χ4v) is 3.42. The fraction of sp³-hybridized carbons (Fsp3) is 0.474. The Morgan fingerprint density at radius 2 is 2.24 bits per heavy atom. The number of halogens is 1. The Morgan fingerprint density at radius 3 is 3.00 bits per heavy atom. The summed E-state index contributed by atoms with van der Waals surface area (Å²) in [4.78, 5) is 12.4. The number of aromatic nitrogens is 2. The molecule has 0 spiro atoms. The highest BCUT2D eigenvalue weighted by molar-refractivity contribution is 5.81. The minimum absolute atomic E-state index is 0.127.